The molecule has 1 fully saturated rings. The zero-order chi connectivity index (χ0) is 11.3. The maximum absolute atomic E-state index is 5.99. The Hall–Kier alpha value is -0.120. The van der Waals surface area contributed by atoms with Gasteiger partial charge in [0, 0.05) is 31.7 Å². The highest BCUT2D eigenvalue weighted by atomic mass is 15.3. The monoisotopic (exact) mass is 213 g/mol. The Balaban J connectivity index is 2.15. The molecular formula is C12H27N3. The first kappa shape index (κ1) is 12.9. The van der Waals surface area contributed by atoms with Crippen LogP contribution in [0.4, 0.5) is 0 Å². The van der Waals surface area contributed by atoms with E-state index in [4.69, 9.17) is 5.73 Å². The van der Waals surface area contributed by atoms with Gasteiger partial charge in [-0.05, 0) is 39.8 Å². The van der Waals surface area contributed by atoms with Gasteiger partial charge in [0.25, 0.3) is 0 Å². The van der Waals surface area contributed by atoms with Crippen LogP contribution in [0.5, 0.6) is 0 Å². The van der Waals surface area contributed by atoms with E-state index in [9.17, 15) is 0 Å². The Morgan fingerprint density at radius 2 is 1.47 bits per heavy atom. The van der Waals surface area contributed by atoms with Crippen molar-refractivity contribution in [1.29, 1.82) is 0 Å². The van der Waals surface area contributed by atoms with Gasteiger partial charge < -0.3 is 15.5 Å². The fraction of sp³-hybridized carbons (Fsp3) is 1.00. The van der Waals surface area contributed by atoms with Crippen molar-refractivity contribution in [2.24, 2.45) is 5.73 Å². The third-order valence-corrected chi connectivity index (χ3v) is 3.08. The Morgan fingerprint density at radius 3 is 1.87 bits per heavy atom. The average Bonchev–Trinajstić information content (AvgIpc) is 2.16. The molecule has 0 spiro atoms. The van der Waals surface area contributed by atoms with Gasteiger partial charge in [0.05, 0.1) is 0 Å². The number of nitrogens with two attached hydrogens (primary N) is 1. The molecule has 0 saturated carbocycles. The normalized spacial score (nSPS) is 20.8. The lowest BCUT2D eigenvalue weighted by Gasteiger charge is -2.35. The summed E-state index contributed by atoms with van der Waals surface area (Å²) < 4.78 is 0. The zero-order valence-electron chi connectivity index (χ0n) is 10.6. The molecule has 0 aliphatic carbocycles. The zero-order valence-corrected chi connectivity index (χ0v) is 10.6. The van der Waals surface area contributed by atoms with Crippen LogP contribution in [0.1, 0.15) is 33.6 Å². The van der Waals surface area contributed by atoms with Crippen LogP contribution in [0.25, 0.3) is 0 Å². The van der Waals surface area contributed by atoms with Crippen molar-refractivity contribution in [3.63, 3.8) is 0 Å². The van der Waals surface area contributed by atoms with Crippen molar-refractivity contribution in [2.75, 3.05) is 39.3 Å². The van der Waals surface area contributed by atoms with Crippen molar-refractivity contribution in [3.05, 3.63) is 0 Å². The van der Waals surface area contributed by atoms with Crippen LogP contribution in [0.2, 0.25) is 0 Å². The van der Waals surface area contributed by atoms with Crippen molar-refractivity contribution < 1.29 is 0 Å². The molecule has 1 aliphatic heterocycles. The Morgan fingerprint density at radius 1 is 1.00 bits per heavy atom. The van der Waals surface area contributed by atoms with E-state index in [0.29, 0.717) is 0 Å². The molecule has 0 atom stereocenters. The van der Waals surface area contributed by atoms with Gasteiger partial charge in [-0.2, -0.15) is 0 Å². The quantitative estimate of drug-likeness (QED) is 0.743. The van der Waals surface area contributed by atoms with E-state index in [2.05, 4.69) is 30.6 Å². The summed E-state index contributed by atoms with van der Waals surface area (Å²) in [5.74, 6) is 0. The van der Waals surface area contributed by atoms with E-state index in [-0.39, 0.29) is 5.54 Å². The number of piperazine rings is 1. The predicted molar refractivity (Wildman–Crippen MR) is 66.1 cm³/mol. The van der Waals surface area contributed by atoms with E-state index in [1.807, 2.05) is 0 Å². The molecule has 0 aromatic carbocycles. The van der Waals surface area contributed by atoms with Crippen LogP contribution in [-0.2, 0) is 0 Å². The lowest BCUT2D eigenvalue weighted by atomic mass is 10.0. The number of rotatable bonds is 5. The van der Waals surface area contributed by atoms with E-state index >= 15 is 0 Å². The van der Waals surface area contributed by atoms with Crippen LogP contribution < -0.4 is 5.73 Å². The maximum atomic E-state index is 5.99. The highest BCUT2D eigenvalue weighted by Crippen LogP contribution is 2.08. The molecule has 0 aromatic rings. The first-order valence-corrected chi connectivity index (χ1v) is 6.25. The average molecular weight is 213 g/mol. The fourth-order valence-electron chi connectivity index (χ4n) is 2.00. The summed E-state index contributed by atoms with van der Waals surface area (Å²) in [5, 5.41) is 0. The number of hydrogen-bond donors (Lipinski definition) is 1. The highest BCUT2D eigenvalue weighted by Gasteiger charge is 2.18. The fourth-order valence-corrected chi connectivity index (χ4v) is 2.00. The number of nitrogens with zero attached hydrogens (tertiary/aromatic N) is 2. The molecule has 1 saturated heterocycles. The molecule has 90 valence electrons. The van der Waals surface area contributed by atoms with Crippen LogP contribution in [0, 0.1) is 0 Å². The minimum absolute atomic E-state index is 0.0133. The second-order valence-electron chi connectivity index (χ2n) is 5.42. The van der Waals surface area contributed by atoms with E-state index in [1.54, 1.807) is 0 Å². The summed E-state index contributed by atoms with van der Waals surface area (Å²) in [6.07, 6.45) is 2.37. The summed E-state index contributed by atoms with van der Waals surface area (Å²) in [7, 11) is 0. The molecule has 3 nitrogen and oxygen atoms in total. The third-order valence-electron chi connectivity index (χ3n) is 3.08. The second-order valence-corrected chi connectivity index (χ2v) is 5.42. The van der Waals surface area contributed by atoms with E-state index in [0.717, 1.165) is 13.0 Å². The van der Waals surface area contributed by atoms with Crippen LogP contribution in [0.15, 0.2) is 0 Å². The molecule has 0 amide bonds. The molecule has 15 heavy (non-hydrogen) atoms. The SMILES string of the molecule is CCCN1CCN(CCC(C)(C)N)CC1. The topological polar surface area (TPSA) is 32.5 Å². The predicted octanol–water partition coefficient (Wildman–Crippen LogP) is 1.14. The van der Waals surface area contributed by atoms with Gasteiger partial charge in [-0.25, -0.2) is 0 Å². The minimum atomic E-state index is -0.0133. The lowest BCUT2D eigenvalue weighted by molar-refractivity contribution is 0.126. The maximum Gasteiger partial charge on any atom is 0.0110 e. The first-order chi connectivity index (χ1) is 7.01. The van der Waals surface area contributed by atoms with Gasteiger partial charge in [-0.15, -0.1) is 0 Å². The summed E-state index contributed by atoms with van der Waals surface area (Å²) in [5.41, 5.74) is 5.98. The molecule has 0 aromatic heterocycles. The molecule has 0 bridgehead atoms. The van der Waals surface area contributed by atoms with Gasteiger partial charge in [0.15, 0.2) is 0 Å². The minimum Gasteiger partial charge on any atom is -0.326 e. The molecule has 2 N–H and O–H groups in total. The van der Waals surface area contributed by atoms with E-state index < -0.39 is 0 Å². The Labute approximate surface area is 94.6 Å². The van der Waals surface area contributed by atoms with Crippen molar-refractivity contribution in [1.82, 2.24) is 9.80 Å². The third kappa shape index (κ3) is 5.50. The lowest BCUT2D eigenvalue weighted by Crippen LogP contribution is -2.48. The van der Waals surface area contributed by atoms with E-state index in [1.165, 1.54) is 39.1 Å². The standard InChI is InChI=1S/C12H27N3/c1-4-6-14-8-10-15(11-9-14)7-5-12(2,3)13/h4-11,13H2,1-3H3. The van der Waals surface area contributed by atoms with Crippen LogP contribution >= 0.6 is 0 Å². The van der Waals surface area contributed by atoms with Crippen LogP contribution in [-0.4, -0.2) is 54.6 Å². The summed E-state index contributed by atoms with van der Waals surface area (Å²) in [4.78, 5) is 5.10. The largest absolute Gasteiger partial charge is 0.326 e. The molecule has 0 unspecified atom stereocenters. The van der Waals surface area contributed by atoms with Crippen molar-refractivity contribution >= 4 is 0 Å². The molecule has 1 heterocycles. The Bertz CT molecular complexity index is 166. The van der Waals surface area contributed by atoms with Crippen molar-refractivity contribution in [3.8, 4) is 0 Å². The summed E-state index contributed by atoms with van der Waals surface area (Å²) in [6.45, 7) is 13.8. The van der Waals surface area contributed by atoms with Gasteiger partial charge >= 0.3 is 0 Å². The summed E-state index contributed by atoms with van der Waals surface area (Å²) >= 11 is 0. The van der Waals surface area contributed by atoms with Gasteiger partial charge in [0.2, 0.25) is 0 Å². The molecule has 1 rings (SSSR count). The van der Waals surface area contributed by atoms with Crippen LogP contribution in [0.3, 0.4) is 0 Å². The Kier molecular flexibility index (Phi) is 5.03. The molecule has 1 aliphatic rings. The molecule has 0 radical (unpaired) electrons. The van der Waals surface area contributed by atoms with Gasteiger partial charge in [0.1, 0.15) is 0 Å². The van der Waals surface area contributed by atoms with Gasteiger partial charge in [-0.3, -0.25) is 0 Å². The summed E-state index contributed by atoms with van der Waals surface area (Å²) in [6, 6.07) is 0. The molecule has 3 heteroatoms. The molecular weight excluding hydrogens is 186 g/mol. The number of hydrogen-bond acceptors (Lipinski definition) is 3. The first-order valence-electron chi connectivity index (χ1n) is 6.25. The second kappa shape index (κ2) is 5.83. The van der Waals surface area contributed by atoms with Crippen molar-refractivity contribution in [2.45, 2.75) is 39.2 Å². The smallest absolute Gasteiger partial charge is 0.0110 e. The van der Waals surface area contributed by atoms with Gasteiger partial charge in [-0.1, -0.05) is 6.92 Å². The highest BCUT2D eigenvalue weighted by molar-refractivity contribution is 4.77.